The molecule has 2 aromatic rings. The number of nitrogens with zero attached hydrogens (tertiary/aromatic N) is 1. The third-order valence-electron chi connectivity index (χ3n) is 2.88. The Labute approximate surface area is 205 Å². The van der Waals surface area contributed by atoms with Gasteiger partial charge in [-0.15, -0.1) is 0 Å². The van der Waals surface area contributed by atoms with E-state index < -0.39 is 24.0 Å². The molecule has 6 N–H and O–H groups in total. The van der Waals surface area contributed by atoms with E-state index in [0.717, 1.165) is 10.6 Å². The van der Waals surface area contributed by atoms with Crippen LogP contribution in [0.15, 0.2) is 35.0 Å². The number of carbonyl (C=O) groups excluding carboxylic acids is 2. The van der Waals surface area contributed by atoms with E-state index in [4.69, 9.17) is 5.26 Å². The normalized spacial score (nSPS) is 11.7. The molecular weight excluding hydrogens is 596 g/mol. The number of aliphatic carboxylic acids is 2. The molecule has 0 aliphatic carbocycles. The average Bonchev–Trinajstić information content (AvgIpc) is 3.43. The predicted octanol–water partition coefficient (Wildman–Crippen LogP) is -2.33. The van der Waals surface area contributed by atoms with E-state index in [-0.39, 0.29) is 20.7 Å². The van der Waals surface area contributed by atoms with E-state index in [1.165, 1.54) is 9.75 Å². The summed E-state index contributed by atoms with van der Waals surface area (Å²) in [6, 6.07) is 6.98. The van der Waals surface area contributed by atoms with Crippen molar-refractivity contribution in [2.75, 3.05) is 11.5 Å². The molecule has 2 aromatic heterocycles. The minimum absolute atomic E-state index is 0.158. The maximum absolute atomic E-state index is 10.3. The zero-order chi connectivity index (χ0) is 22.8. The predicted molar refractivity (Wildman–Crippen MR) is 123 cm³/mol. The van der Waals surface area contributed by atoms with Crippen LogP contribution in [-0.4, -0.2) is 64.3 Å². The van der Waals surface area contributed by atoms with Crippen molar-refractivity contribution in [1.82, 2.24) is 0 Å². The van der Waals surface area contributed by atoms with Gasteiger partial charge in [0.05, 0.1) is 5.97 Å². The second kappa shape index (κ2) is 19.2. The van der Waals surface area contributed by atoms with Crippen LogP contribution in [-0.2, 0) is 20.2 Å². The van der Waals surface area contributed by atoms with E-state index in [2.05, 4.69) is 46.6 Å². The molecule has 0 saturated heterocycles. The Bertz CT molecular complexity index is 743. The minimum atomic E-state index is -1.14. The number of rotatable bonds is 10. The molecule has 2 rings (SSSR count). The van der Waals surface area contributed by atoms with Gasteiger partial charge in [0.2, 0.25) is 0 Å². The fraction of sp³-hybridized carbons (Fsp3) is 0.353. The molecule has 2 unspecified atom stereocenters. The maximum atomic E-state index is 10.3. The van der Waals surface area contributed by atoms with Gasteiger partial charge in [-0.05, 0) is 0 Å². The molecule has 2 heterocycles. The summed E-state index contributed by atoms with van der Waals surface area (Å²) in [5.41, 5.74) is 6.72. The van der Waals surface area contributed by atoms with E-state index >= 15 is 0 Å². The summed E-state index contributed by atoms with van der Waals surface area (Å²) in [5, 5.41) is 34.4. The number of carboxylic acid groups (broad SMARTS) is 2. The number of nitriles is 1. The molecule has 7 nitrogen and oxygen atoms in total. The van der Waals surface area contributed by atoms with Gasteiger partial charge < -0.3 is 15.6 Å². The number of hydrogen-bond donors (Lipinski definition) is 3. The Morgan fingerprint density at radius 3 is 2.00 bits per heavy atom. The molecule has 0 fully saturated rings. The van der Waals surface area contributed by atoms with Gasteiger partial charge in [0.1, 0.15) is 6.04 Å². The molecule has 0 radical (unpaired) electrons. The molecule has 0 aliphatic rings. The molecule has 0 saturated carbocycles. The van der Waals surface area contributed by atoms with Crippen LogP contribution in [0.25, 0.3) is 0 Å². The summed E-state index contributed by atoms with van der Waals surface area (Å²) in [4.78, 5) is 24.9. The monoisotopic (exact) mass is 621 g/mol. The molecule has 166 valence electrons. The molecule has 0 bridgehead atoms. The number of carbonyl (C=O) groups is 2. The first-order valence-corrected chi connectivity index (χ1v) is 17.0. The number of thiol groups is 1. The molecule has 0 aliphatic heterocycles. The molecule has 0 amide bonds. The van der Waals surface area contributed by atoms with Crippen molar-refractivity contribution in [3.8, 4) is 4.97 Å². The molecule has 13 heteroatoms. The first-order valence-electron chi connectivity index (χ1n) is 8.30. The SMILES string of the molecule is N#C[Se]Cc1cccs1.[NH3+]C(CS)C(=O)[O-].[NH3+]C(CS[Se]Cc1cccs1)C(=O)[O-]. The Balaban J connectivity index is 0.000000454. The number of hydrogen-bond acceptors (Lipinski definition) is 9. The standard InChI is InChI=1S/C8H11NO2S2Se.C6H5NSSe.C3H7NO2S/c9-7(8(10)11)4-13-14-5-6-2-1-3-12-6;7-5-9-4-6-2-1-3-8-6;4-2(1-7)3(5)6/h1-3,7H,4-5,9H2,(H,10,11);1-3H,4H2;2,7H,1,4H2,(H,5,6). The van der Waals surface area contributed by atoms with Crippen LogP contribution in [0.5, 0.6) is 0 Å². The Morgan fingerprint density at radius 2 is 1.63 bits per heavy atom. The van der Waals surface area contributed by atoms with E-state index in [1.807, 2.05) is 17.5 Å². The molecule has 30 heavy (non-hydrogen) atoms. The topological polar surface area (TPSA) is 159 Å². The Hall–Kier alpha value is -0.511. The zero-order valence-electron chi connectivity index (χ0n) is 15.9. The van der Waals surface area contributed by atoms with Gasteiger partial charge in [0, 0.05) is 5.75 Å². The first-order chi connectivity index (χ1) is 14.3. The summed E-state index contributed by atoms with van der Waals surface area (Å²) >= 11 is 7.72. The summed E-state index contributed by atoms with van der Waals surface area (Å²) in [7, 11) is 1.67. The van der Waals surface area contributed by atoms with Gasteiger partial charge in [-0.3, -0.25) is 0 Å². The van der Waals surface area contributed by atoms with Gasteiger partial charge in [0.15, 0.2) is 0 Å². The number of carboxylic acids is 2. The van der Waals surface area contributed by atoms with Crippen molar-refractivity contribution in [2.45, 2.75) is 22.7 Å². The summed E-state index contributed by atoms with van der Waals surface area (Å²) in [5.74, 6) is -1.39. The quantitative estimate of drug-likeness (QED) is 0.154. The second-order valence-electron chi connectivity index (χ2n) is 5.30. The zero-order valence-corrected chi connectivity index (χ0v) is 22.7. The van der Waals surface area contributed by atoms with Gasteiger partial charge >= 0.3 is 161 Å². The van der Waals surface area contributed by atoms with Gasteiger partial charge in [-0.1, -0.05) is 0 Å². The van der Waals surface area contributed by atoms with E-state index in [0.29, 0.717) is 19.6 Å². The first kappa shape index (κ1) is 29.5. The fourth-order valence-electron chi connectivity index (χ4n) is 1.27. The van der Waals surface area contributed by atoms with Crippen LogP contribution in [0, 0.1) is 10.2 Å². The van der Waals surface area contributed by atoms with Crippen molar-refractivity contribution < 1.29 is 31.3 Å². The summed E-state index contributed by atoms with van der Waals surface area (Å²) in [6.45, 7) is 0. The van der Waals surface area contributed by atoms with E-state index in [1.54, 1.807) is 32.9 Å². The molecular formula is C17H23N3O4S4Se2. The Morgan fingerprint density at radius 1 is 1.10 bits per heavy atom. The van der Waals surface area contributed by atoms with Crippen LogP contribution in [0.4, 0.5) is 0 Å². The van der Waals surface area contributed by atoms with Crippen LogP contribution in [0.3, 0.4) is 0 Å². The van der Waals surface area contributed by atoms with Crippen molar-refractivity contribution in [3.63, 3.8) is 0 Å². The van der Waals surface area contributed by atoms with Gasteiger partial charge in [-0.2, -0.15) is 12.6 Å². The van der Waals surface area contributed by atoms with E-state index in [9.17, 15) is 19.8 Å². The summed E-state index contributed by atoms with van der Waals surface area (Å²) in [6.07, 6.45) is 0. The third-order valence-corrected chi connectivity index (χ3v) is 11.2. The van der Waals surface area contributed by atoms with Gasteiger partial charge in [0.25, 0.3) is 0 Å². The van der Waals surface area contributed by atoms with Crippen molar-refractivity contribution in [1.29, 1.82) is 5.26 Å². The van der Waals surface area contributed by atoms with Gasteiger partial charge in [-0.25, -0.2) is 0 Å². The third kappa shape index (κ3) is 16.2. The van der Waals surface area contributed by atoms with Crippen molar-refractivity contribution >= 4 is 86.2 Å². The fourth-order valence-corrected chi connectivity index (χ4v) is 8.77. The van der Waals surface area contributed by atoms with Crippen LogP contribution >= 0.6 is 45.5 Å². The second-order valence-corrected chi connectivity index (χ2v) is 13.7. The molecule has 0 aromatic carbocycles. The van der Waals surface area contributed by atoms with Crippen LogP contribution in [0.1, 0.15) is 9.75 Å². The number of quaternary nitrogens is 2. The van der Waals surface area contributed by atoms with Crippen molar-refractivity contribution in [3.05, 3.63) is 44.8 Å². The molecule has 2 atom stereocenters. The van der Waals surface area contributed by atoms with Crippen molar-refractivity contribution in [2.24, 2.45) is 0 Å². The Kier molecular flexibility index (Phi) is 18.9. The summed E-state index contributed by atoms with van der Waals surface area (Å²) < 4.78 is 0. The number of thiophene rings is 2. The van der Waals surface area contributed by atoms with Crippen LogP contribution < -0.4 is 21.7 Å². The average molecular weight is 620 g/mol. The molecule has 0 spiro atoms. The van der Waals surface area contributed by atoms with Crippen LogP contribution in [0.2, 0.25) is 0 Å².